The number of hydrogen-bond acceptors (Lipinski definition) is 5. The molecule has 2 rings (SSSR count). The van der Waals surface area contributed by atoms with Crippen LogP contribution in [0.1, 0.15) is 25.3 Å². The molecule has 1 N–H and O–H groups in total. The first-order chi connectivity index (χ1) is 13.9. The van der Waals surface area contributed by atoms with Gasteiger partial charge in [0.25, 0.3) is 0 Å². The minimum atomic E-state index is -0.514. The summed E-state index contributed by atoms with van der Waals surface area (Å²) in [7, 11) is 0. The van der Waals surface area contributed by atoms with Crippen molar-refractivity contribution in [3.8, 4) is 5.75 Å². The summed E-state index contributed by atoms with van der Waals surface area (Å²) in [5, 5.41) is 2.60. The van der Waals surface area contributed by atoms with Gasteiger partial charge < -0.3 is 24.4 Å². The molecular formula is C21H29FN2O5. The number of carbonyl (C=O) groups excluding carboxylic acids is 2. The summed E-state index contributed by atoms with van der Waals surface area (Å²) in [6.45, 7) is 10.1. The predicted octanol–water partition coefficient (Wildman–Crippen LogP) is 2.72. The summed E-state index contributed by atoms with van der Waals surface area (Å²) in [4.78, 5) is 24.6. The SMILES string of the molecule is C=CC(=O)N1CC(COC(=O)NCCOCCOc2cc(F)ccc2C(C)C)C1. The highest BCUT2D eigenvalue weighted by Crippen LogP contribution is 2.27. The molecule has 1 saturated heterocycles. The van der Waals surface area contributed by atoms with Gasteiger partial charge in [-0.25, -0.2) is 9.18 Å². The summed E-state index contributed by atoms with van der Waals surface area (Å²) in [5.41, 5.74) is 0.944. The number of hydrogen-bond donors (Lipinski definition) is 1. The fourth-order valence-electron chi connectivity index (χ4n) is 2.88. The maximum atomic E-state index is 13.4. The van der Waals surface area contributed by atoms with E-state index >= 15 is 0 Å². The molecule has 0 saturated carbocycles. The minimum absolute atomic E-state index is 0.107. The topological polar surface area (TPSA) is 77.1 Å². The van der Waals surface area contributed by atoms with E-state index in [1.54, 1.807) is 11.0 Å². The Labute approximate surface area is 170 Å². The molecule has 7 nitrogen and oxygen atoms in total. The molecule has 1 fully saturated rings. The van der Waals surface area contributed by atoms with Crippen LogP contribution in [0.5, 0.6) is 5.75 Å². The number of alkyl carbamates (subject to hydrolysis) is 1. The van der Waals surface area contributed by atoms with E-state index in [1.807, 2.05) is 13.8 Å². The van der Waals surface area contributed by atoms with Gasteiger partial charge in [0.15, 0.2) is 0 Å². The van der Waals surface area contributed by atoms with Crippen LogP contribution >= 0.6 is 0 Å². The number of halogens is 1. The van der Waals surface area contributed by atoms with Gasteiger partial charge >= 0.3 is 6.09 Å². The smallest absolute Gasteiger partial charge is 0.407 e. The van der Waals surface area contributed by atoms with Crippen molar-refractivity contribution in [3.63, 3.8) is 0 Å². The third kappa shape index (κ3) is 7.38. The van der Waals surface area contributed by atoms with Gasteiger partial charge in [0, 0.05) is 31.6 Å². The molecule has 0 radical (unpaired) electrons. The zero-order chi connectivity index (χ0) is 21.2. The normalized spacial score (nSPS) is 13.7. The number of amides is 2. The Morgan fingerprint density at radius 1 is 1.31 bits per heavy atom. The van der Waals surface area contributed by atoms with Crippen molar-refractivity contribution in [2.45, 2.75) is 19.8 Å². The Kier molecular flexibility index (Phi) is 8.92. The van der Waals surface area contributed by atoms with Crippen LogP contribution in [0.25, 0.3) is 0 Å². The molecule has 1 aromatic carbocycles. The predicted molar refractivity (Wildman–Crippen MR) is 106 cm³/mol. The van der Waals surface area contributed by atoms with Crippen LogP contribution in [-0.4, -0.2) is 63.0 Å². The lowest BCUT2D eigenvalue weighted by molar-refractivity contribution is -0.132. The Hall–Kier alpha value is -2.61. The lowest BCUT2D eigenvalue weighted by Gasteiger charge is -2.38. The van der Waals surface area contributed by atoms with Gasteiger partial charge in [0.1, 0.15) is 18.2 Å². The molecule has 1 aromatic rings. The highest BCUT2D eigenvalue weighted by molar-refractivity contribution is 5.87. The maximum absolute atomic E-state index is 13.4. The average molecular weight is 408 g/mol. The molecule has 8 heteroatoms. The Morgan fingerprint density at radius 3 is 2.76 bits per heavy atom. The largest absolute Gasteiger partial charge is 0.491 e. The van der Waals surface area contributed by atoms with Crippen molar-refractivity contribution in [1.82, 2.24) is 10.2 Å². The van der Waals surface area contributed by atoms with Crippen LogP contribution < -0.4 is 10.1 Å². The first-order valence-electron chi connectivity index (χ1n) is 9.72. The van der Waals surface area contributed by atoms with Crippen LogP contribution in [0.2, 0.25) is 0 Å². The molecule has 1 aliphatic heterocycles. The van der Waals surface area contributed by atoms with E-state index in [1.165, 1.54) is 18.2 Å². The van der Waals surface area contributed by atoms with E-state index in [0.717, 1.165) is 5.56 Å². The zero-order valence-corrected chi connectivity index (χ0v) is 17.0. The van der Waals surface area contributed by atoms with Crippen molar-refractivity contribution in [2.24, 2.45) is 5.92 Å². The van der Waals surface area contributed by atoms with Gasteiger partial charge in [-0.1, -0.05) is 26.5 Å². The zero-order valence-electron chi connectivity index (χ0n) is 17.0. The Bertz CT molecular complexity index is 704. The van der Waals surface area contributed by atoms with Crippen LogP contribution in [0.4, 0.5) is 9.18 Å². The third-order valence-electron chi connectivity index (χ3n) is 4.49. The van der Waals surface area contributed by atoms with Crippen molar-refractivity contribution in [2.75, 3.05) is 46.1 Å². The minimum Gasteiger partial charge on any atom is -0.491 e. The molecule has 0 bridgehead atoms. The van der Waals surface area contributed by atoms with E-state index < -0.39 is 6.09 Å². The van der Waals surface area contributed by atoms with E-state index in [4.69, 9.17) is 14.2 Å². The molecule has 160 valence electrons. The van der Waals surface area contributed by atoms with Crippen molar-refractivity contribution in [3.05, 3.63) is 42.2 Å². The Balaban J connectivity index is 1.50. The average Bonchev–Trinajstić information content (AvgIpc) is 2.65. The number of benzene rings is 1. The van der Waals surface area contributed by atoms with E-state index in [0.29, 0.717) is 38.6 Å². The van der Waals surface area contributed by atoms with Gasteiger partial charge in [-0.2, -0.15) is 0 Å². The summed E-state index contributed by atoms with van der Waals surface area (Å²) in [6, 6.07) is 4.52. The van der Waals surface area contributed by atoms with Crippen LogP contribution in [0.3, 0.4) is 0 Å². The number of ether oxygens (including phenoxy) is 3. The summed E-state index contributed by atoms with van der Waals surface area (Å²) >= 11 is 0. The fraction of sp³-hybridized carbons (Fsp3) is 0.524. The van der Waals surface area contributed by atoms with E-state index in [2.05, 4.69) is 11.9 Å². The van der Waals surface area contributed by atoms with Gasteiger partial charge in [-0.15, -0.1) is 0 Å². The second-order valence-corrected chi connectivity index (χ2v) is 7.14. The molecule has 29 heavy (non-hydrogen) atoms. The van der Waals surface area contributed by atoms with Crippen LogP contribution in [0, 0.1) is 11.7 Å². The van der Waals surface area contributed by atoms with E-state index in [-0.39, 0.29) is 36.8 Å². The molecule has 0 atom stereocenters. The van der Waals surface area contributed by atoms with Crippen molar-refractivity contribution >= 4 is 12.0 Å². The van der Waals surface area contributed by atoms with E-state index in [9.17, 15) is 14.0 Å². The van der Waals surface area contributed by atoms with Gasteiger partial charge in [0.2, 0.25) is 5.91 Å². The quantitative estimate of drug-likeness (QED) is 0.450. The van der Waals surface area contributed by atoms with Gasteiger partial charge in [-0.05, 0) is 23.6 Å². The molecule has 2 amide bonds. The first kappa shape index (κ1) is 22.7. The molecule has 1 heterocycles. The molecule has 0 aliphatic carbocycles. The lowest BCUT2D eigenvalue weighted by atomic mass is 10.0. The van der Waals surface area contributed by atoms with Crippen molar-refractivity contribution < 1.29 is 28.2 Å². The summed E-state index contributed by atoms with van der Waals surface area (Å²) in [6.07, 6.45) is 0.760. The molecule has 0 spiro atoms. The maximum Gasteiger partial charge on any atom is 0.407 e. The molecule has 0 aromatic heterocycles. The lowest BCUT2D eigenvalue weighted by Crippen LogP contribution is -2.51. The standard InChI is InChI=1S/C21H29FN2O5/c1-4-20(25)24-12-16(13-24)14-29-21(26)23-7-8-27-9-10-28-19-11-17(22)5-6-18(19)15(2)3/h4-6,11,15-16H,1,7-10,12-14H2,2-3H3,(H,23,26). The van der Waals surface area contributed by atoms with Crippen LogP contribution in [-0.2, 0) is 14.3 Å². The summed E-state index contributed by atoms with van der Waals surface area (Å²) < 4.78 is 29.5. The number of nitrogens with zero attached hydrogens (tertiary/aromatic N) is 1. The number of likely N-dealkylation sites (tertiary alicyclic amines) is 1. The monoisotopic (exact) mass is 408 g/mol. The van der Waals surface area contributed by atoms with Crippen LogP contribution in [0.15, 0.2) is 30.9 Å². The highest BCUT2D eigenvalue weighted by atomic mass is 19.1. The van der Waals surface area contributed by atoms with Gasteiger partial charge in [0.05, 0.1) is 19.8 Å². The fourth-order valence-corrected chi connectivity index (χ4v) is 2.88. The van der Waals surface area contributed by atoms with Crippen molar-refractivity contribution in [1.29, 1.82) is 0 Å². The number of nitrogens with one attached hydrogen (secondary N) is 1. The summed E-state index contributed by atoms with van der Waals surface area (Å²) in [5.74, 6) is 0.470. The number of carbonyl (C=O) groups is 2. The number of rotatable bonds is 11. The molecular weight excluding hydrogens is 379 g/mol. The van der Waals surface area contributed by atoms with Gasteiger partial charge in [-0.3, -0.25) is 4.79 Å². The first-order valence-corrected chi connectivity index (χ1v) is 9.72. The second-order valence-electron chi connectivity index (χ2n) is 7.14. The highest BCUT2D eigenvalue weighted by Gasteiger charge is 2.30. The molecule has 1 aliphatic rings. The second kappa shape index (κ2) is 11.4. The Morgan fingerprint density at radius 2 is 2.07 bits per heavy atom. The molecule has 0 unspecified atom stereocenters. The third-order valence-corrected chi connectivity index (χ3v) is 4.49.